The molecule has 7 nitrogen and oxygen atoms in total. The lowest BCUT2D eigenvalue weighted by Gasteiger charge is -2.10. The van der Waals surface area contributed by atoms with Crippen LogP contribution in [0, 0.1) is 6.92 Å². The number of aromatic nitrogens is 4. The van der Waals surface area contributed by atoms with Crippen LogP contribution >= 0.6 is 0 Å². The molecule has 0 bridgehead atoms. The minimum atomic E-state index is -0.463. The van der Waals surface area contributed by atoms with Crippen molar-refractivity contribution in [3.8, 4) is 17.2 Å². The summed E-state index contributed by atoms with van der Waals surface area (Å²) in [5, 5.41) is 10.9. The SMILES string of the molecule is COc1cc(C)ccc1OC(=O)c1ccc(-n2cnnn2)cc1. The van der Waals surface area contributed by atoms with Crippen LogP contribution in [0.25, 0.3) is 5.69 Å². The van der Waals surface area contributed by atoms with Gasteiger partial charge in [-0.3, -0.25) is 0 Å². The molecule has 0 fully saturated rings. The fraction of sp³-hybridized carbons (Fsp3) is 0.125. The van der Waals surface area contributed by atoms with Crippen molar-refractivity contribution < 1.29 is 14.3 Å². The minimum absolute atomic E-state index is 0.382. The first-order valence-corrected chi connectivity index (χ1v) is 6.87. The van der Waals surface area contributed by atoms with Crippen molar-refractivity contribution in [3.05, 3.63) is 59.9 Å². The number of hydrogen-bond donors (Lipinski definition) is 0. The number of ether oxygens (including phenoxy) is 2. The lowest BCUT2D eigenvalue weighted by Crippen LogP contribution is -2.09. The molecule has 0 radical (unpaired) electrons. The van der Waals surface area contributed by atoms with Crippen molar-refractivity contribution >= 4 is 5.97 Å². The third kappa shape index (κ3) is 3.18. The maximum Gasteiger partial charge on any atom is 0.343 e. The van der Waals surface area contributed by atoms with Gasteiger partial charge in [0, 0.05) is 0 Å². The second kappa shape index (κ2) is 6.27. The van der Waals surface area contributed by atoms with Gasteiger partial charge in [0.1, 0.15) is 6.33 Å². The van der Waals surface area contributed by atoms with Crippen LogP contribution in [0.5, 0.6) is 11.5 Å². The van der Waals surface area contributed by atoms with Gasteiger partial charge in [-0.15, -0.1) is 5.10 Å². The van der Waals surface area contributed by atoms with Gasteiger partial charge in [0.25, 0.3) is 0 Å². The largest absolute Gasteiger partial charge is 0.493 e. The van der Waals surface area contributed by atoms with E-state index >= 15 is 0 Å². The van der Waals surface area contributed by atoms with Crippen molar-refractivity contribution in [2.24, 2.45) is 0 Å². The molecular formula is C16H14N4O3. The average Bonchev–Trinajstić information content (AvgIpc) is 3.11. The molecule has 0 spiro atoms. The molecule has 7 heteroatoms. The normalized spacial score (nSPS) is 10.3. The third-order valence-electron chi connectivity index (χ3n) is 3.24. The summed E-state index contributed by atoms with van der Waals surface area (Å²) in [5.74, 6) is 0.437. The first-order chi connectivity index (χ1) is 11.2. The number of tetrazole rings is 1. The van der Waals surface area contributed by atoms with Crippen LogP contribution in [0.1, 0.15) is 15.9 Å². The van der Waals surface area contributed by atoms with Crippen LogP contribution in [0.4, 0.5) is 0 Å². The van der Waals surface area contributed by atoms with Crippen LogP contribution in [0.15, 0.2) is 48.8 Å². The van der Waals surface area contributed by atoms with Gasteiger partial charge in [0.2, 0.25) is 0 Å². The summed E-state index contributed by atoms with van der Waals surface area (Å²) in [6.45, 7) is 1.94. The number of benzene rings is 2. The summed E-state index contributed by atoms with van der Waals surface area (Å²) in [6, 6.07) is 12.1. The van der Waals surface area contributed by atoms with Gasteiger partial charge in [-0.05, 0) is 59.3 Å². The van der Waals surface area contributed by atoms with E-state index in [4.69, 9.17) is 9.47 Å². The third-order valence-corrected chi connectivity index (χ3v) is 3.24. The van der Waals surface area contributed by atoms with E-state index in [9.17, 15) is 4.79 Å². The number of carbonyl (C=O) groups excluding carboxylic acids is 1. The van der Waals surface area contributed by atoms with Gasteiger partial charge in [-0.2, -0.15) is 0 Å². The Hall–Kier alpha value is -3.22. The summed E-state index contributed by atoms with van der Waals surface area (Å²) < 4.78 is 12.1. The van der Waals surface area contributed by atoms with Crippen molar-refractivity contribution in [3.63, 3.8) is 0 Å². The number of carbonyl (C=O) groups is 1. The molecule has 0 N–H and O–H groups in total. The Balaban J connectivity index is 1.78. The van der Waals surface area contributed by atoms with Crippen molar-refractivity contribution in [2.75, 3.05) is 7.11 Å². The molecule has 116 valence electrons. The molecule has 0 aliphatic carbocycles. The molecule has 0 amide bonds. The highest BCUT2D eigenvalue weighted by Gasteiger charge is 2.12. The molecule has 0 unspecified atom stereocenters. The maximum atomic E-state index is 12.2. The number of methoxy groups -OCH3 is 1. The first-order valence-electron chi connectivity index (χ1n) is 6.87. The Labute approximate surface area is 132 Å². The summed E-state index contributed by atoms with van der Waals surface area (Å²) in [7, 11) is 1.53. The van der Waals surface area contributed by atoms with Crippen molar-refractivity contribution in [1.29, 1.82) is 0 Å². The topological polar surface area (TPSA) is 79.1 Å². The Morgan fingerprint density at radius 3 is 2.52 bits per heavy atom. The van der Waals surface area contributed by atoms with E-state index in [1.165, 1.54) is 18.1 Å². The van der Waals surface area contributed by atoms with E-state index in [0.717, 1.165) is 11.3 Å². The molecule has 23 heavy (non-hydrogen) atoms. The monoisotopic (exact) mass is 310 g/mol. The number of hydrogen-bond acceptors (Lipinski definition) is 6. The fourth-order valence-corrected chi connectivity index (χ4v) is 2.05. The van der Waals surface area contributed by atoms with Gasteiger partial charge in [0.05, 0.1) is 18.4 Å². The lowest BCUT2D eigenvalue weighted by atomic mass is 10.2. The molecule has 3 rings (SSSR count). The van der Waals surface area contributed by atoms with Crippen molar-refractivity contribution in [2.45, 2.75) is 6.92 Å². The first kappa shape index (κ1) is 14.7. The quantitative estimate of drug-likeness (QED) is 0.543. The Morgan fingerprint density at radius 1 is 1.09 bits per heavy atom. The summed E-state index contributed by atoms with van der Waals surface area (Å²) >= 11 is 0. The predicted octanol–water partition coefficient (Wildman–Crippen LogP) is 2.20. The van der Waals surface area contributed by atoms with Crippen molar-refractivity contribution in [1.82, 2.24) is 20.2 Å². The molecule has 1 aromatic heterocycles. The van der Waals surface area contributed by atoms with Crippen LogP contribution in [-0.2, 0) is 0 Å². The number of rotatable bonds is 4. The van der Waals surface area contributed by atoms with Gasteiger partial charge < -0.3 is 9.47 Å². The Morgan fingerprint density at radius 2 is 1.87 bits per heavy atom. The van der Waals surface area contributed by atoms with E-state index in [2.05, 4.69) is 15.5 Å². The smallest absolute Gasteiger partial charge is 0.343 e. The van der Waals surface area contributed by atoms with Gasteiger partial charge in [-0.1, -0.05) is 6.07 Å². The Bertz CT molecular complexity index is 814. The molecule has 0 saturated carbocycles. The maximum absolute atomic E-state index is 12.2. The fourth-order valence-electron chi connectivity index (χ4n) is 2.05. The second-order valence-corrected chi connectivity index (χ2v) is 4.85. The van der Waals surface area contributed by atoms with Gasteiger partial charge in [0.15, 0.2) is 11.5 Å². The number of esters is 1. The lowest BCUT2D eigenvalue weighted by molar-refractivity contribution is 0.0729. The van der Waals surface area contributed by atoms with Crippen LogP contribution < -0.4 is 9.47 Å². The predicted molar refractivity (Wildman–Crippen MR) is 81.8 cm³/mol. The average molecular weight is 310 g/mol. The standard InChI is InChI=1S/C16H14N4O3/c1-11-3-8-14(15(9-11)22-2)23-16(21)12-4-6-13(7-5-12)20-10-17-18-19-20/h3-10H,1-2H3. The zero-order valence-corrected chi connectivity index (χ0v) is 12.6. The Kier molecular flexibility index (Phi) is 4.01. The molecule has 0 saturated heterocycles. The van der Waals surface area contributed by atoms with E-state index in [-0.39, 0.29) is 0 Å². The van der Waals surface area contributed by atoms with E-state index in [1.807, 2.05) is 19.1 Å². The molecule has 0 aliphatic heterocycles. The number of aryl methyl sites for hydroxylation is 1. The zero-order valence-electron chi connectivity index (χ0n) is 12.6. The summed E-state index contributed by atoms with van der Waals surface area (Å²) in [5.41, 5.74) is 2.19. The summed E-state index contributed by atoms with van der Waals surface area (Å²) in [4.78, 5) is 12.2. The zero-order chi connectivity index (χ0) is 16.2. The highest BCUT2D eigenvalue weighted by molar-refractivity contribution is 5.91. The van der Waals surface area contributed by atoms with E-state index in [0.29, 0.717) is 17.1 Å². The molecule has 3 aromatic rings. The van der Waals surface area contributed by atoms with Gasteiger partial charge >= 0.3 is 5.97 Å². The number of nitrogens with zero attached hydrogens (tertiary/aromatic N) is 4. The molecule has 0 atom stereocenters. The molecule has 0 aliphatic rings. The van der Waals surface area contributed by atoms with Gasteiger partial charge in [-0.25, -0.2) is 9.48 Å². The molecule has 1 heterocycles. The van der Waals surface area contributed by atoms with Crippen LogP contribution in [0.3, 0.4) is 0 Å². The highest BCUT2D eigenvalue weighted by atomic mass is 16.6. The highest BCUT2D eigenvalue weighted by Crippen LogP contribution is 2.28. The van der Waals surface area contributed by atoms with E-state index < -0.39 is 5.97 Å². The second-order valence-electron chi connectivity index (χ2n) is 4.85. The van der Waals surface area contributed by atoms with E-state index in [1.54, 1.807) is 30.3 Å². The summed E-state index contributed by atoms with van der Waals surface area (Å²) in [6.07, 6.45) is 1.48. The molecule has 2 aromatic carbocycles. The van der Waals surface area contributed by atoms with Crippen LogP contribution in [0.2, 0.25) is 0 Å². The van der Waals surface area contributed by atoms with Crippen LogP contribution in [-0.4, -0.2) is 33.3 Å². The minimum Gasteiger partial charge on any atom is -0.493 e. The molecular weight excluding hydrogens is 296 g/mol.